The summed E-state index contributed by atoms with van der Waals surface area (Å²) < 4.78 is 5.04. The highest BCUT2D eigenvalue weighted by atomic mass is 16.5. The van der Waals surface area contributed by atoms with Crippen molar-refractivity contribution < 1.29 is 4.74 Å². The average molecular weight is 180 g/mol. The highest BCUT2D eigenvalue weighted by Crippen LogP contribution is 2.14. The lowest BCUT2D eigenvalue weighted by molar-refractivity contribution is 0.415. The Labute approximate surface area is 78.9 Å². The highest BCUT2D eigenvalue weighted by molar-refractivity contribution is 5.46. The summed E-state index contributed by atoms with van der Waals surface area (Å²) in [4.78, 5) is 0. The molecule has 1 aromatic rings. The molecule has 0 saturated heterocycles. The summed E-state index contributed by atoms with van der Waals surface area (Å²) in [6.07, 6.45) is 0. The van der Waals surface area contributed by atoms with Crippen molar-refractivity contribution in [2.75, 3.05) is 19.0 Å². The molecule has 1 unspecified atom stereocenters. The van der Waals surface area contributed by atoms with E-state index in [1.54, 1.807) is 7.11 Å². The molecule has 0 aliphatic carbocycles. The van der Waals surface area contributed by atoms with Gasteiger partial charge >= 0.3 is 0 Å². The maximum absolute atomic E-state index is 5.61. The maximum Gasteiger partial charge on any atom is 0.119 e. The van der Waals surface area contributed by atoms with Crippen LogP contribution in [-0.4, -0.2) is 19.7 Å². The lowest BCUT2D eigenvalue weighted by atomic mass is 10.3. The minimum Gasteiger partial charge on any atom is -0.497 e. The van der Waals surface area contributed by atoms with Crippen LogP contribution in [-0.2, 0) is 0 Å². The lowest BCUT2D eigenvalue weighted by Crippen LogP contribution is -2.25. The fourth-order valence-corrected chi connectivity index (χ4v) is 0.988. The molecule has 3 N–H and O–H groups in total. The van der Waals surface area contributed by atoms with Crippen molar-refractivity contribution in [1.82, 2.24) is 0 Å². The molecule has 1 atom stereocenters. The number of ether oxygens (including phenoxy) is 1. The number of nitrogens with two attached hydrogens (primary N) is 1. The Balaban J connectivity index is 2.49. The van der Waals surface area contributed by atoms with E-state index in [-0.39, 0.29) is 6.04 Å². The first kappa shape index (κ1) is 9.86. The molecule has 3 heteroatoms. The largest absolute Gasteiger partial charge is 0.497 e. The molecule has 0 aliphatic rings. The van der Waals surface area contributed by atoms with Crippen LogP contribution in [0.25, 0.3) is 0 Å². The van der Waals surface area contributed by atoms with Crippen LogP contribution in [0.5, 0.6) is 5.75 Å². The minimum absolute atomic E-state index is 0.169. The van der Waals surface area contributed by atoms with Gasteiger partial charge in [-0.2, -0.15) is 0 Å². The summed E-state index contributed by atoms with van der Waals surface area (Å²) in [6.45, 7) is 2.75. The van der Waals surface area contributed by atoms with Crippen LogP contribution < -0.4 is 15.8 Å². The fourth-order valence-electron chi connectivity index (χ4n) is 0.988. The Morgan fingerprint density at radius 3 is 2.46 bits per heavy atom. The van der Waals surface area contributed by atoms with Crippen LogP contribution in [0.1, 0.15) is 6.92 Å². The Morgan fingerprint density at radius 1 is 1.38 bits per heavy atom. The Bertz CT molecular complexity index is 244. The van der Waals surface area contributed by atoms with Crippen molar-refractivity contribution in [1.29, 1.82) is 0 Å². The van der Waals surface area contributed by atoms with E-state index in [0.29, 0.717) is 0 Å². The highest BCUT2D eigenvalue weighted by Gasteiger charge is 1.95. The van der Waals surface area contributed by atoms with Gasteiger partial charge < -0.3 is 15.8 Å². The van der Waals surface area contributed by atoms with Crippen LogP contribution in [0, 0.1) is 0 Å². The Kier molecular flexibility index (Phi) is 3.58. The third kappa shape index (κ3) is 3.34. The van der Waals surface area contributed by atoms with Gasteiger partial charge in [0.05, 0.1) is 7.11 Å². The summed E-state index contributed by atoms with van der Waals surface area (Å²) in [5.41, 5.74) is 6.68. The third-order valence-corrected chi connectivity index (χ3v) is 1.72. The van der Waals surface area contributed by atoms with Crippen LogP contribution in [0.3, 0.4) is 0 Å². The van der Waals surface area contributed by atoms with Crippen molar-refractivity contribution >= 4 is 5.69 Å². The molecule has 0 bridgehead atoms. The van der Waals surface area contributed by atoms with Crippen molar-refractivity contribution in [2.24, 2.45) is 5.73 Å². The standard InChI is InChI=1S/C10H16N2O/c1-8(11)7-12-9-3-5-10(13-2)6-4-9/h3-6,8,12H,7,11H2,1-2H3. The second-order valence-electron chi connectivity index (χ2n) is 3.09. The molecule has 0 aliphatic heterocycles. The summed E-state index contributed by atoms with van der Waals surface area (Å²) >= 11 is 0. The molecule has 1 rings (SSSR count). The van der Waals surface area contributed by atoms with E-state index in [1.807, 2.05) is 31.2 Å². The smallest absolute Gasteiger partial charge is 0.119 e. The monoisotopic (exact) mass is 180 g/mol. The molecule has 0 spiro atoms. The predicted molar refractivity (Wildman–Crippen MR) is 55.1 cm³/mol. The van der Waals surface area contributed by atoms with Gasteiger partial charge in [0.2, 0.25) is 0 Å². The topological polar surface area (TPSA) is 47.3 Å². The number of hydrogen-bond donors (Lipinski definition) is 2. The van der Waals surface area contributed by atoms with Gasteiger partial charge in [0, 0.05) is 18.3 Å². The van der Waals surface area contributed by atoms with Gasteiger partial charge in [-0.25, -0.2) is 0 Å². The zero-order valence-electron chi connectivity index (χ0n) is 8.08. The van der Waals surface area contributed by atoms with Gasteiger partial charge in [0.1, 0.15) is 5.75 Å². The molecule has 0 amide bonds. The van der Waals surface area contributed by atoms with E-state index in [1.165, 1.54) is 0 Å². The second-order valence-corrected chi connectivity index (χ2v) is 3.09. The van der Waals surface area contributed by atoms with Gasteiger partial charge in [0.15, 0.2) is 0 Å². The predicted octanol–water partition coefficient (Wildman–Crippen LogP) is 1.45. The summed E-state index contributed by atoms with van der Waals surface area (Å²) in [7, 11) is 1.66. The van der Waals surface area contributed by atoms with Crippen LogP contribution in [0.4, 0.5) is 5.69 Å². The van der Waals surface area contributed by atoms with Gasteiger partial charge in [-0.15, -0.1) is 0 Å². The van der Waals surface area contributed by atoms with Crippen LogP contribution >= 0.6 is 0 Å². The second kappa shape index (κ2) is 4.72. The molecular weight excluding hydrogens is 164 g/mol. The summed E-state index contributed by atoms with van der Waals surface area (Å²) in [5, 5.41) is 3.21. The zero-order valence-corrected chi connectivity index (χ0v) is 8.08. The van der Waals surface area contributed by atoms with Crippen molar-refractivity contribution in [3.63, 3.8) is 0 Å². The third-order valence-electron chi connectivity index (χ3n) is 1.72. The first-order valence-corrected chi connectivity index (χ1v) is 4.36. The number of nitrogens with one attached hydrogen (secondary N) is 1. The number of methoxy groups -OCH3 is 1. The van der Waals surface area contributed by atoms with E-state index in [9.17, 15) is 0 Å². The molecule has 0 heterocycles. The minimum atomic E-state index is 0.169. The van der Waals surface area contributed by atoms with Gasteiger partial charge in [-0.3, -0.25) is 0 Å². The number of hydrogen-bond acceptors (Lipinski definition) is 3. The molecular formula is C10H16N2O. The van der Waals surface area contributed by atoms with E-state index in [2.05, 4.69) is 5.32 Å². The van der Waals surface area contributed by atoms with Crippen molar-refractivity contribution in [3.8, 4) is 5.75 Å². The van der Waals surface area contributed by atoms with Crippen LogP contribution in [0.2, 0.25) is 0 Å². The molecule has 0 saturated carbocycles. The van der Waals surface area contributed by atoms with Gasteiger partial charge in [0.25, 0.3) is 0 Å². The summed E-state index contributed by atoms with van der Waals surface area (Å²) in [6, 6.07) is 7.96. The average Bonchev–Trinajstić information content (AvgIpc) is 2.15. The van der Waals surface area contributed by atoms with E-state index >= 15 is 0 Å². The molecule has 3 nitrogen and oxygen atoms in total. The number of benzene rings is 1. The zero-order chi connectivity index (χ0) is 9.68. The van der Waals surface area contributed by atoms with E-state index in [0.717, 1.165) is 18.0 Å². The van der Waals surface area contributed by atoms with E-state index < -0.39 is 0 Å². The quantitative estimate of drug-likeness (QED) is 0.737. The molecule has 0 aromatic heterocycles. The first-order valence-electron chi connectivity index (χ1n) is 4.36. The molecule has 72 valence electrons. The molecule has 0 fully saturated rings. The summed E-state index contributed by atoms with van der Waals surface area (Å²) in [5.74, 6) is 0.867. The molecule has 13 heavy (non-hydrogen) atoms. The Morgan fingerprint density at radius 2 is 2.00 bits per heavy atom. The van der Waals surface area contributed by atoms with Crippen molar-refractivity contribution in [2.45, 2.75) is 13.0 Å². The maximum atomic E-state index is 5.61. The van der Waals surface area contributed by atoms with E-state index in [4.69, 9.17) is 10.5 Å². The molecule has 1 aromatic carbocycles. The fraction of sp³-hybridized carbons (Fsp3) is 0.400. The number of anilines is 1. The SMILES string of the molecule is COc1ccc(NCC(C)N)cc1. The first-order chi connectivity index (χ1) is 6.22. The normalized spacial score (nSPS) is 12.2. The van der Waals surface area contributed by atoms with Gasteiger partial charge in [-0.1, -0.05) is 0 Å². The lowest BCUT2D eigenvalue weighted by Gasteiger charge is -2.09. The van der Waals surface area contributed by atoms with Crippen LogP contribution in [0.15, 0.2) is 24.3 Å². The van der Waals surface area contributed by atoms with Crippen molar-refractivity contribution in [3.05, 3.63) is 24.3 Å². The van der Waals surface area contributed by atoms with Gasteiger partial charge in [-0.05, 0) is 31.2 Å². The Hall–Kier alpha value is -1.22. The molecule has 0 radical (unpaired) electrons. The number of rotatable bonds is 4.